The van der Waals surface area contributed by atoms with E-state index in [-0.39, 0.29) is 11.9 Å². The summed E-state index contributed by atoms with van der Waals surface area (Å²) in [6.07, 6.45) is 1.05. The molecule has 0 bridgehead atoms. The quantitative estimate of drug-likeness (QED) is 0.827. The molecule has 0 aromatic heterocycles. The summed E-state index contributed by atoms with van der Waals surface area (Å²) in [6.45, 7) is 4.88. The first-order chi connectivity index (χ1) is 9.60. The van der Waals surface area contributed by atoms with Gasteiger partial charge in [0.05, 0.1) is 0 Å². The molecule has 2 aromatic carbocycles. The Labute approximate surface area is 124 Å². The van der Waals surface area contributed by atoms with Gasteiger partial charge in [-0.25, -0.2) is 4.39 Å². The topological polar surface area (TPSA) is 12.0 Å². The maximum Gasteiger partial charge on any atom is 0.124 e. The van der Waals surface area contributed by atoms with Gasteiger partial charge >= 0.3 is 0 Å². The van der Waals surface area contributed by atoms with Crippen molar-refractivity contribution < 1.29 is 4.39 Å². The molecule has 0 saturated heterocycles. The highest BCUT2D eigenvalue weighted by molar-refractivity contribution is 6.31. The van der Waals surface area contributed by atoms with Crippen LogP contribution in [0.2, 0.25) is 5.02 Å². The van der Waals surface area contributed by atoms with E-state index >= 15 is 0 Å². The van der Waals surface area contributed by atoms with Gasteiger partial charge in [-0.3, -0.25) is 0 Å². The van der Waals surface area contributed by atoms with E-state index in [1.54, 1.807) is 6.07 Å². The van der Waals surface area contributed by atoms with Crippen LogP contribution in [0.4, 0.5) is 4.39 Å². The first-order valence-electron chi connectivity index (χ1n) is 6.86. The standard InChI is InChI=1S/C17H19ClFN/c1-3-13-4-6-14(7-5-13)12(2)20-11-15-8-9-16(19)10-17(15)18/h4-10,12,20H,3,11H2,1-2H3. The molecule has 0 saturated carbocycles. The van der Waals surface area contributed by atoms with Crippen molar-refractivity contribution >= 4 is 11.6 Å². The molecule has 0 radical (unpaired) electrons. The van der Waals surface area contributed by atoms with E-state index in [0.29, 0.717) is 11.6 Å². The summed E-state index contributed by atoms with van der Waals surface area (Å²) in [4.78, 5) is 0. The molecule has 1 nitrogen and oxygen atoms in total. The highest BCUT2D eigenvalue weighted by Gasteiger charge is 2.07. The van der Waals surface area contributed by atoms with Crippen LogP contribution in [-0.2, 0) is 13.0 Å². The predicted molar refractivity (Wildman–Crippen MR) is 82.5 cm³/mol. The zero-order valence-corrected chi connectivity index (χ0v) is 12.5. The van der Waals surface area contributed by atoms with Crippen LogP contribution in [0.5, 0.6) is 0 Å². The number of hydrogen-bond acceptors (Lipinski definition) is 1. The van der Waals surface area contributed by atoms with Crippen molar-refractivity contribution in [1.29, 1.82) is 0 Å². The van der Waals surface area contributed by atoms with Crippen molar-refractivity contribution in [2.45, 2.75) is 32.9 Å². The number of rotatable bonds is 5. The molecule has 106 valence electrons. The highest BCUT2D eigenvalue weighted by Crippen LogP contribution is 2.19. The van der Waals surface area contributed by atoms with Gasteiger partial charge in [-0.1, -0.05) is 48.9 Å². The predicted octanol–water partition coefficient (Wildman–Crippen LogP) is 4.89. The SMILES string of the molecule is CCc1ccc(C(C)NCc2ccc(F)cc2Cl)cc1. The molecule has 0 aliphatic heterocycles. The van der Waals surface area contributed by atoms with Crippen LogP contribution in [0.3, 0.4) is 0 Å². The van der Waals surface area contributed by atoms with Gasteiger partial charge in [-0.05, 0) is 42.2 Å². The van der Waals surface area contributed by atoms with Crippen molar-refractivity contribution in [1.82, 2.24) is 5.32 Å². The lowest BCUT2D eigenvalue weighted by atomic mass is 10.0. The molecule has 3 heteroatoms. The van der Waals surface area contributed by atoms with Gasteiger partial charge in [0.2, 0.25) is 0 Å². The molecule has 20 heavy (non-hydrogen) atoms. The maximum atomic E-state index is 13.0. The Morgan fingerprint density at radius 1 is 1.15 bits per heavy atom. The lowest BCUT2D eigenvalue weighted by Crippen LogP contribution is -2.18. The Balaban J connectivity index is 1.98. The molecule has 2 aromatic rings. The summed E-state index contributed by atoms with van der Waals surface area (Å²) in [5.74, 6) is -0.304. The summed E-state index contributed by atoms with van der Waals surface area (Å²) in [5.41, 5.74) is 3.48. The van der Waals surface area contributed by atoms with Crippen LogP contribution < -0.4 is 5.32 Å². The van der Waals surface area contributed by atoms with Gasteiger partial charge in [0, 0.05) is 17.6 Å². The molecule has 0 spiro atoms. The zero-order chi connectivity index (χ0) is 14.5. The molecule has 1 unspecified atom stereocenters. The highest BCUT2D eigenvalue weighted by atomic mass is 35.5. The van der Waals surface area contributed by atoms with E-state index in [0.717, 1.165) is 12.0 Å². The average molecular weight is 292 g/mol. The minimum atomic E-state index is -0.304. The molecule has 2 rings (SSSR count). The largest absolute Gasteiger partial charge is 0.306 e. The normalized spacial score (nSPS) is 12.4. The lowest BCUT2D eigenvalue weighted by Gasteiger charge is -2.15. The fourth-order valence-corrected chi connectivity index (χ4v) is 2.32. The van der Waals surface area contributed by atoms with Gasteiger partial charge in [0.25, 0.3) is 0 Å². The van der Waals surface area contributed by atoms with Gasteiger partial charge in [-0.15, -0.1) is 0 Å². The lowest BCUT2D eigenvalue weighted by molar-refractivity contribution is 0.573. The Kier molecular flexibility index (Phi) is 5.16. The van der Waals surface area contributed by atoms with Crippen LogP contribution in [0.1, 0.15) is 36.6 Å². The Morgan fingerprint density at radius 2 is 1.85 bits per heavy atom. The van der Waals surface area contributed by atoms with Crippen molar-refractivity contribution in [3.63, 3.8) is 0 Å². The number of benzene rings is 2. The summed E-state index contributed by atoms with van der Waals surface area (Å²) in [6, 6.07) is 13.3. The van der Waals surface area contributed by atoms with Gasteiger partial charge in [0.1, 0.15) is 5.82 Å². The molecule has 0 aliphatic carbocycles. The van der Waals surface area contributed by atoms with E-state index < -0.39 is 0 Å². The number of halogens is 2. The Bertz CT molecular complexity index is 566. The second-order valence-electron chi connectivity index (χ2n) is 4.93. The van der Waals surface area contributed by atoms with Crippen molar-refractivity contribution in [3.05, 3.63) is 70.0 Å². The first-order valence-corrected chi connectivity index (χ1v) is 7.24. The van der Waals surface area contributed by atoms with Crippen LogP contribution >= 0.6 is 11.6 Å². The zero-order valence-electron chi connectivity index (χ0n) is 11.8. The van der Waals surface area contributed by atoms with Crippen LogP contribution in [0, 0.1) is 5.82 Å². The summed E-state index contributed by atoms with van der Waals surface area (Å²) < 4.78 is 13.0. The third-order valence-corrected chi connectivity index (χ3v) is 3.85. The molecule has 0 heterocycles. The third kappa shape index (κ3) is 3.81. The van der Waals surface area contributed by atoms with Gasteiger partial charge in [-0.2, -0.15) is 0 Å². The van der Waals surface area contributed by atoms with E-state index in [4.69, 9.17) is 11.6 Å². The monoisotopic (exact) mass is 291 g/mol. The van der Waals surface area contributed by atoms with Crippen molar-refractivity contribution in [2.24, 2.45) is 0 Å². The fourth-order valence-electron chi connectivity index (χ4n) is 2.09. The second-order valence-corrected chi connectivity index (χ2v) is 5.34. The summed E-state index contributed by atoms with van der Waals surface area (Å²) >= 11 is 6.02. The molecular formula is C17H19ClFN. The molecule has 1 N–H and O–H groups in total. The number of aryl methyl sites for hydroxylation is 1. The Hall–Kier alpha value is -1.38. The van der Waals surface area contributed by atoms with E-state index in [9.17, 15) is 4.39 Å². The molecular weight excluding hydrogens is 273 g/mol. The minimum absolute atomic E-state index is 0.224. The van der Waals surface area contributed by atoms with Crippen LogP contribution in [-0.4, -0.2) is 0 Å². The summed E-state index contributed by atoms with van der Waals surface area (Å²) in [7, 11) is 0. The maximum absolute atomic E-state index is 13.0. The van der Waals surface area contributed by atoms with Crippen LogP contribution in [0.15, 0.2) is 42.5 Å². The number of nitrogens with one attached hydrogen (secondary N) is 1. The second kappa shape index (κ2) is 6.87. The van der Waals surface area contributed by atoms with Crippen LogP contribution in [0.25, 0.3) is 0 Å². The van der Waals surface area contributed by atoms with E-state index in [1.807, 2.05) is 0 Å². The van der Waals surface area contributed by atoms with E-state index in [1.165, 1.54) is 23.3 Å². The Morgan fingerprint density at radius 3 is 2.45 bits per heavy atom. The molecule has 1 atom stereocenters. The van der Waals surface area contributed by atoms with Crippen molar-refractivity contribution in [2.75, 3.05) is 0 Å². The third-order valence-electron chi connectivity index (χ3n) is 3.50. The van der Waals surface area contributed by atoms with Gasteiger partial charge in [0.15, 0.2) is 0 Å². The fraction of sp³-hybridized carbons (Fsp3) is 0.294. The van der Waals surface area contributed by atoms with E-state index in [2.05, 4.69) is 43.4 Å². The molecule has 0 aliphatic rings. The average Bonchev–Trinajstić information content (AvgIpc) is 2.46. The minimum Gasteiger partial charge on any atom is -0.306 e. The molecule has 0 fully saturated rings. The number of hydrogen-bond donors (Lipinski definition) is 1. The summed E-state index contributed by atoms with van der Waals surface area (Å²) in [5, 5.41) is 3.87. The van der Waals surface area contributed by atoms with Gasteiger partial charge < -0.3 is 5.32 Å². The van der Waals surface area contributed by atoms with Crippen molar-refractivity contribution in [3.8, 4) is 0 Å². The molecule has 0 amide bonds. The first kappa shape index (κ1) is 15.0. The smallest absolute Gasteiger partial charge is 0.124 e.